The van der Waals surface area contributed by atoms with Gasteiger partial charge in [-0.25, -0.2) is 9.78 Å². The van der Waals surface area contributed by atoms with Gasteiger partial charge in [-0.15, -0.1) is 11.3 Å². The highest BCUT2D eigenvalue weighted by atomic mass is 32.1. The van der Waals surface area contributed by atoms with Crippen LogP contribution in [0.1, 0.15) is 38.5 Å². The Kier molecular flexibility index (Phi) is 5.97. The Hall–Kier alpha value is -2.73. The van der Waals surface area contributed by atoms with Gasteiger partial charge in [0, 0.05) is 41.1 Å². The third-order valence-corrected chi connectivity index (χ3v) is 5.79. The van der Waals surface area contributed by atoms with E-state index in [4.69, 9.17) is 4.74 Å². The summed E-state index contributed by atoms with van der Waals surface area (Å²) in [5.41, 5.74) is 2.89. The van der Waals surface area contributed by atoms with E-state index in [0.717, 1.165) is 34.5 Å². The Morgan fingerprint density at radius 2 is 1.86 bits per heavy atom. The molecule has 1 saturated carbocycles. The lowest BCUT2D eigenvalue weighted by Gasteiger charge is -2.16. The quantitative estimate of drug-likeness (QED) is 0.579. The van der Waals surface area contributed by atoms with Crippen LogP contribution in [-0.2, 0) is 0 Å². The topological polar surface area (TPSA) is 64.1 Å². The fourth-order valence-corrected chi connectivity index (χ4v) is 4.17. The Labute approximate surface area is 168 Å². The number of rotatable bonds is 4. The Balaban J connectivity index is 1.46. The number of carbonyl (C=O) groups excluding carboxylic acids is 1. The number of nitrogens with one attached hydrogen (secondary N) is 1. The summed E-state index contributed by atoms with van der Waals surface area (Å²) in [5.74, 6) is 0.531. The Morgan fingerprint density at radius 1 is 1.04 bits per heavy atom. The van der Waals surface area contributed by atoms with Crippen molar-refractivity contribution in [1.82, 2.24) is 15.3 Å². The maximum Gasteiger partial charge on any atom is 0.412 e. The number of benzene rings is 1. The lowest BCUT2D eigenvalue weighted by Crippen LogP contribution is -2.36. The monoisotopic (exact) mass is 393 g/mol. The SMILES string of the molecule is O=C(NC1CCCCCC1)Oc1cccc(-c2cncc(-c3nccs3)c2)c1. The van der Waals surface area contributed by atoms with Crippen LogP contribution in [0.15, 0.2) is 54.3 Å². The molecule has 1 N–H and O–H groups in total. The number of amides is 1. The Bertz CT molecular complexity index is 919. The second kappa shape index (κ2) is 8.97. The van der Waals surface area contributed by atoms with Crippen LogP contribution in [0.3, 0.4) is 0 Å². The molecule has 1 fully saturated rings. The molecule has 2 heterocycles. The van der Waals surface area contributed by atoms with E-state index < -0.39 is 0 Å². The summed E-state index contributed by atoms with van der Waals surface area (Å²) < 4.78 is 5.54. The van der Waals surface area contributed by atoms with Gasteiger partial charge in [0.1, 0.15) is 10.8 Å². The van der Waals surface area contributed by atoms with Crippen molar-refractivity contribution < 1.29 is 9.53 Å². The molecule has 5 nitrogen and oxygen atoms in total. The molecule has 0 unspecified atom stereocenters. The van der Waals surface area contributed by atoms with E-state index >= 15 is 0 Å². The van der Waals surface area contributed by atoms with Gasteiger partial charge in [-0.05, 0) is 36.6 Å². The second-order valence-corrected chi connectivity index (χ2v) is 7.94. The van der Waals surface area contributed by atoms with Gasteiger partial charge < -0.3 is 10.1 Å². The van der Waals surface area contributed by atoms with E-state index in [0.29, 0.717) is 5.75 Å². The van der Waals surface area contributed by atoms with Crippen LogP contribution in [-0.4, -0.2) is 22.1 Å². The highest BCUT2D eigenvalue weighted by molar-refractivity contribution is 7.13. The van der Waals surface area contributed by atoms with Crippen LogP contribution >= 0.6 is 11.3 Å². The van der Waals surface area contributed by atoms with Gasteiger partial charge in [-0.3, -0.25) is 4.98 Å². The van der Waals surface area contributed by atoms with Crippen molar-refractivity contribution in [3.63, 3.8) is 0 Å². The first-order valence-electron chi connectivity index (χ1n) is 9.71. The number of aromatic nitrogens is 2. The Morgan fingerprint density at radius 3 is 2.64 bits per heavy atom. The normalized spacial score (nSPS) is 15.0. The van der Waals surface area contributed by atoms with E-state index in [1.807, 2.05) is 36.0 Å². The zero-order chi connectivity index (χ0) is 19.2. The fourth-order valence-electron chi connectivity index (χ4n) is 3.55. The number of pyridine rings is 1. The van der Waals surface area contributed by atoms with Gasteiger partial charge in [-0.1, -0.05) is 37.8 Å². The number of hydrogen-bond donors (Lipinski definition) is 1. The molecule has 28 heavy (non-hydrogen) atoms. The lowest BCUT2D eigenvalue weighted by atomic mass is 10.1. The number of hydrogen-bond acceptors (Lipinski definition) is 5. The maximum absolute atomic E-state index is 12.3. The maximum atomic E-state index is 12.3. The molecule has 2 aromatic heterocycles. The lowest BCUT2D eigenvalue weighted by molar-refractivity contribution is 0.194. The largest absolute Gasteiger partial charge is 0.412 e. The van der Waals surface area contributed by atoms with Crippen LogP contribution < -0.4 is 10.1 Å². The molecule has 144 valence electrons. The van der Waals surface area contributed by atoms with E-state index in [1.165, 1.54) is 25.7 Å². The molecule has 0 bridgehead atoms. The predicted molar refractivity (Wildman–Crippen MR) is 111 cm³/mol. The molecule has 6 heteroatoms. The van der Waals surface area contributed by atoms with Gasteiger partial charge in [-0.2, -0.15) is 0 Å². The minimum Gasteiger partial charge on any atom is -0.410 e. The van der Waals surface area contributed by atoms with Gasteiger partial charge in [0.15, 0.2) is 0 Å². The van der Waals surface area contributed by atoms with E-state index in [-0.39, 0.29) is 12.1 Å². The van der Waals surface area contributed by atoms with Crippen molar-refractivity contribution >= 4 is 17.4 Å². The van der Waals surface area contributed by atoms with Gasteiger partial charge in [0.25, 0.3) is 0 Å². The highest BCUT2D eigenvalue weighted by Gasteiger charge is 2.16. The van der Waals surface area contributed by atoms with Crippen molar-refractivity contribution in [1.29, 1.82) is 0 Å². The summed E-state index contributed by atoms with van der Waals surface area (Å²) >= 11 is 1.58. The number of thiazole rings is 1. The smallest absolute Gasteiger partial charge is 0.410 e. The first-order chi connectivity index (χ1) is 13.8. The fraction of sp³-hybridized carbons (Fsp3) is 0.318. The number of nitrogens with zero attached hydrogens (tertiary/aromatic N) is 2. The highest BCUT2D eigenvalue weighted by Crippen LogP contribution is 2.28. The molecule has 1 aliphatic carbocycles. The van der Waals surface area contributed by atoms with E-state index in [2.05, 4.69) is 21.4 Å². The first-order valence-corrected chi connectivity index (χ1v) is 10.6. The molecule has 1 aromatic carbocycles. The minimum absolute atomic E-state index is 0.220. The van der Waals surface area contributed by atoms with Crippen LogP contribution in [0.4, 0.5) is 4.79 Å². The van der Waals surface area contributed by atoms with Gasteiger partial charge >= 0.3 is 6.09 Å². The molecule has 0 saturated heterocycles. The zero-order valence-electron chi connectivity index (χ0n) is 15.6. The third kappa shape index (κ3) is 4.75. The molecule has 4 rings (SSSR count). The van der Waals surface area contributed by atoms with Crippen LogP contribution in [0.2, 0.25) is 0 Å². The van der Waals surface area contributed by atoms with Crippen molar-refractivity contribution in [3.8, 4) is 27.4 Å². The van der Waals surface area contributed by atoms with Gasteiger partial charge in [0.05, 0.1) is 0 Å². The van der Waals surface area contributed by atoms with Crippen molar-refractivity contribution in [2.45, 2.75) is 44.6 Å². The molecule has 1 aliphatic rings. The molecular formula is C22H23N3O2S. The zero-order valence-corrected chi connectivity index (χ0v) is 16.5. The number of carbonyl (C=O) groups is 1. The average Bonchev–Trinajstić information content (AvgIpc) is 3.14. The van der Waals surface area contributed by atoms with Gasteiger partial charge in [0.2, 0.25) is 0 Å². The molecule has 0 radical (unpaired) electrons. The summed E-state index contributed by atoms with van der Waals surface area (Å²) in [6, 6.07) is 9.82. The average molecular weight is 394 g/mol. The summed E-state index contributed by atoms with van der Waals surface area (Å²) in [5, 5.41) is 5.90. The molecular weight excluding hydrogens is 370 g/mol. The first kappa shape index (κ1) is 18.6. The summed E-state index contributed by atoms with van der Waals surface area (Å²) in [6.07, 6.45) is 11.9. The van der Waals surface area contributed by atoms with E-state index in [1.54, 1.807) is 23.6 Å². The molecule has 3 aromatic rings. The molecule has 0 spiro atoms. The molecule has 0 aliphatic heterocycles. The third-order valence-electron chi connectivity index (χ3n) is 4.97. The van der Waals surface area contributed by atoms with Crippen molar-refractivity contribution in [2.75, 3.05) is 0 Å². The summed E-state index contributed by atoms with van der Waals surface area (Å²) in [4.78, 5) is 21.0. The predicted octanol–water partition coefficient (Wildman–Crippen LogP) is 5.68. The minimum atomic E-state index is -0.376. The molecule has 0 atom stereocenters. The van der Waals surface area contributed by atoms with Crippen LogP contribution in [0.25, 0.3) is 21.7 Å². The van der Waals surface area contributed by atoms with Crippen molar-refractivity contribution in [3.05, 3.63) is 54.3 Å². The number of ether oxygens (including phenoxy) is 1. The second-order valence-electron chi connectivity index (χ2n) is 7.05. The summed E-state index contributed by atoms with van der Waals surface area (Å²) in [7, 11) is 0. The van der Waals surface area contributed by atoms with Crippen LogP contribution in [0.5, 0.6) is 5.75 Å². The summed E-state index contributed by atoms with van der Waals surface area (Å²) in [6.45, 7) is 0. The standard InChI is InChI=1S/C22H23N3O2S/c26-22(25-19-7-3-1-2-4-8-19)27-20-9-5-6-16(13-20)17-12-18(15-23-14-17)21-24-10-11-28-21/h5-6,9-15,19H,1-4,7-8H2,(H,25,26). The van der Waals surface area contributed by atoms with Crippen molar-refractivity contribution in [2.24, 2.45) is 0 Å². The molecule has 1 amide bonds. The van der Waals surface area contributed by atoms with Crippen LogP contribution in [0, 0.1) is 0 Å². The van der Waals surface area contributed by atoms with E-state index in [9.17, 15) is 4.79 Å².